The Bertz CT molecular complexity index is 981. The average Bonchev–Trinajstić information content (AvgIpc) is 2.79. The van der Waals surface area contributed by atoms with Crippen molar-refractivity contribution in [2.75, 3.05) is 21.3 Å². The summed E-state index contributed by atoms with van der Waals surface area (Å²) in [5.74, 6) is 1.44. The van der Waals surface area contributed by atoms with Gasteiger partial charge in [-0.1, -0.05) is 54.1 Å². The third-order valence-corrected chi connectivity index (χ3v) is 5.23. The van der Waals surface area contributed by atoms with Crippen molar-refractivity contribution in [3.8, 4) is 17.2 Å². The Hall–Kier alpha value is -3.18. The van der Waals surface area contributed by atoms with E-state index in [1.807, 2.05) is 54.6 Å². The Kier molecular flexibility index (Phi) is 7.79. The monoisotopic (exact) mass is 439 g/mol. The summed E-state index contributed by atoms with van der Waals surface area (Å²) in [4.78, 5) is 12.9. The number of methoxy groups -OCH3 is 3. The molecule has 1 atom stereocenters. The zero-order valence-electron chi connectivity index (χ0n) is 17.9. The maximum Gasteiger partial charge on any atom is 0.224 e. The number of rotatable bonds is 9. The van der Waals surface area contributed by atoms with Gasteiger partial charge in [-0.2, -0.15) is 0 Å². The summed E-state index contributed by atoms with van der Waals surface area (Å²) in [6, 6.07) is 21.0. The molecule has 3 rings (SSSR count). The minimum absolute atomic E-state index is 0.0999. The first-order valence-electron chi connectivity index (χ1n) is 9.91. The molecule has 0 heterocycles. The number of hydrogen-bond donors (Lipinski definition) is 1. The molecule has 31 heavy (non-hydrogen) atoms. The van der Waals surface area contributed by atoms with E-state index < -0.39 is 0 Å². The number of hydrogen-bond acceptors (Lipinski definition) is 4. The van der Waals surface area contributed by atoms with Gasteiger partial charge < -0.3 is 19.5 Å². The first-order chi connectivity index (χ1) is 15.0. The number of halogens is 1. The lowest BCUT2D eigenvalue weighted by Gasteiger charge is -2.20. The lowest BCUT2D eigenvalue weighted by Crippen LogP contribution is -2.31. The summed E-state index contributed by atoms with van der Waals surface area (Å²) in [6.07, 6.45) is 0.836. The molecule has 162 valence electrons. The van der Waals surface area contributed by atoms with Crippen LogP contribution in [-0.2, 0) is 17.6 Å². The maximum absolute atomic E-state index is 12.9. The van der Waals surface area contributed by atoms with E-state index in [0.717, 1.165) is 16.7 Å². The topological polar surface area (TPSA) is 56.8 Å². The number of benzene rings is 3. The molecule has 1 unspecified atom stereocenters. The Balaban J connectivity index is 1.80. The highest BCUT2D eigenvalue weighted by Gasteiger charge is 2.18. The molecule has 6 heteroatoms. The third-order valence-electron chi connectivity index (χ3n) is 4.98. The van der Waals surface area contributed by atoms with Gasteiger partial charge in [0.25, 0.3) is 0 Å². The predicted molar refractivity (Wildman–Crippen MR) is 122 cm³/mol. The molecule has 0 saturated carbocycles. The molecule has 1 amide bonds. The lowest BCUT2D eigenvalue weighted by molar-refractivity contribution is -0.121. The fraction of sp³-hybridized carbons (Fsp3) is 0.240. The normalized spacial score (nSPS) is 11.5. The number of carbonyl (C=O) groups is 1. The lowest BCUT2D eigenvalue weighted by atomic mass is 9.98. The number of ether oxygens (including phenoxy) is 3. The van der Waals surface area contributed by atoms with Crippen LogP contribution in [0.3, 0.4) is 0 Å². The van der Waals surface area contributed by atoms with Crippen LogP contribution in [0.15, 0.2) is 66.7 Å². The highest BCUT2D eigenvalue weighted by atomic mass is 35.5. The molecule has 0 spiro atoms. The SMILES string of the molecule is COc1cc(CC(=O)NC(Cc2ccc(Cl)cc2)c2ccccc2)cc(OC)c1OC. The molecule has 0 fully saturated rings. The van der Waals surface area contributed by atoms with Gasteiger partial charge in [-0.3, -0.25) is 4.79 Å². The second-order valence-corrected chi connectivity index (χ2v) is 7.51. The minimum atomic E-state index is -0.170. The molecule has 0 aliphatic heterocycles. The van der Waals surface area contributed by atoms with Crippen LogP contribution in [0.1, 0.15) is 22.7 Å². The van der Waals surface area contributed by atoms with E-state index in [4.69, 9.17) is 25.8 Å². The Morgan fingerprint density at radius 1 is 0.871 bits per heavy atom. The van der Waals surface area contributed by atoms with Crippen LogP contribution in [0.4, 0.5) is 0 Å². The highest BCUT2D eigenvalue weighted by molar-refractivity contribution is 6.30. The summed E-state index contributed by atoms with van der Waals surface area (Å²) < 4.78 is 16.1. The van der Waals surface area contributed by atoms with Crippen molar-refractivity contribution in [2.24, 2.45) is 0 Å². The molecule has 0 aliphatic carbocycles. The van der Waals surface area contributed by atoms with Gasteiger partial charge in [0.05, 0.1) is 33.8 Å². The van der Waals surface area contributed by atoms with Gasteiger partial charge in [-0.25, -0.2) is 0 Å². The molecule has 0 radical (unpaired) electrons. The average molecular weight is 440 g/mol. The first kappa shape index (κ1) is 22.5. The smallest absolute Gasteiger partial charge is 0.224 e. The van der Waals surface area contributed by atoms with E-state index >= 15 is 0 Å². The molecule has 5 nitrogen and oxygen atoms in total. The summed E-state index contributed by atoms with van der Waals surface area (Å²) in [6.45, 7) is 0. The molecule has 1 N–H and O–H groups in total. The van der Waals surface area contributed by atoms with Gasteiger partial charge in [-0.05, 0) is 47.4 Å². The van der Waals surface area contributed by atoms with Gasteiger partial charge >= 0.3 is 0 Å². The predicted octanol–water partition coefficient (Wildman–Crippen LogP) is 5.01. The maximum atomic E-state index is 12.9. The number of amides is 1. The summed E-state index contributed by atoms with van der Waals surface area (Å²) in [5.41, 5.74) is 2.90. The number of nitrogens with one attached hydrogen (secondary N) is 1. The van der Waals surface area contributed by atoms with Crippen molar-refractivity contribution in [1.82, 2.24) is 5.32 Å². The van der Waals surface area contributed by atoms with Crippen molar-refractivity contribution >= 4 is 17.5 Å². The zero-order chi connectivity index (χ0) is 22.2. The van der Waals surface area contributed by atoms with Crippen molar-refractivity contribution < 1.29 is 19.0 Å². The van der Waals surface area contributed by atoms with Crippen molar-refractivity contribution in [2.45, 2.75) is 18.9 Å². The summed E-state index contributed by atoms with van der Waals surface area (Å²) >= 11 is 6.01. The van der Waals surface area contributed by atoms with Gasteiger partial charge in [-0.15, -0.1) is 0 Å². The van der Waals surface area contributed by atoms with Gasteiger partial charge in [0.15, 0.2) is 11.5 Å². The van der Waals surface area contributed by atoms with E-state index in [0.29, 0.717) is 28.7 Å². The molecular weight excluding hydrogens is 414 g/mol. The van der Waals surface area contributed by atoms with Crippen LogP contribution in [0.25, 0.3) is 0 Å². The van der Waals surface area contributed by atoms with Crippen LogP contribution < -0.4 is 19.5 Å². The van der Waals surface area contributed by atoms with Crippen LogP contribution in [0, 0.1) is 0 Å². The summed E-state index contributed by atoms with van der Waals surface area (Å²) in [7, 11) is 4.66. The molecule has 0 aromatic heterocycles. The Morgan fingerprint density at radius 3 is 2.03 bits per heavy atom. The highest BCUT2D eigenvalue weighted by Crippen LogP contribution is 2.38. The molecule has 3 aromatic rings. The molecule has 0 bridgehead atoms. The van der Waals surface area contributed by atoms with Crippen molar-refractivity contribution in [3.05, 3.63) is 88.4 Å². The second kappa shape index (κ2) is 10.7. The summed E-state index contributed by atoms with van der Waals surface area (Å²) in [5, 5.41) is 3.85. The molecule has 3 aromatic carbocycles. The van der Waals surface area contributed by atoms with Crippen LogP contribution in [0.2, 0.25) is 5.02 Å². The fourth-order valence-electron chi connectivity index (χ4n) is 3.46. The Morgan fingerprint density at radius 2 is 1.48 bits per heavy atom. The van der Waals surface area contributed by atoms with E-state index in [2.05, 4.69) is 5.32 Å². The Labute approximate surface area is 187 Å². The fourth-order valence-corrected chi connectivity index (χ4v) is 3.59. The van der Waals surface area contributed by atoms with Crippen molar-refractivity contribution in [3.63, 3.8) is 0 Å². The zero-order valence-corrected chi connectivity index (χ0v) is 18.6. The molecule has 0 aliphatic rings. The van der Waals surface area contributed by atoms with E-state index in [9.17, 15) is 4.79 Å². The van der Waals surface area contributed by atoms with Crippen LogP contribution >= 0.6 is 11.6 Å². The third kappa shape index (κ3) is 5.92. The van der Waals surface area contributed by atoms with Gasteiger partial charge in [0.1, 0.15) is 0 Å². The standard InChI is InChI=1S/C25H26ClNO4/c1-29-22-14-18(15-23(30-2)25(22)31-3)16-24(28)27-21(19-7-5-4-6-8-19)13-17-9-11-20(26)12-10-17/h4-12,14-15,21H,13,16H2,1-3H3,(H,27,28). The first-order valence-corrected chi connectivity index (χ1v) is 10.3. The van der Waals surface area contributed by atoms with Crippen molar-refractivity contribution in [1.29, 1.82) is 0 Å². The minimum Gasteiger partial charge on any atom is -0.493 e. The van der Waals surface area contributed by atoms with E-state index in [1.165, 1.54) is 0 Å². The largest absolute Gasteiger partial charge is 0.493 e. The molecular formula is C25H26ClNO4. The van der Waals surface area contributed by atoms with Crippen LogP contribution in [0.5, 0.6) is 17.2 Å². The van der Waals surface area contributed by atoms with Gasteiger partial charge in [0.2, 0.25) is 11.7 Å². The van der Waals surface area contributed by atoms with E-state index in [-0.39, 0.29) is 18.4 Å². The molecule has 0 saturated heterocycles. The number of carbonyl (C=O) groups excluding carboxylic acids is 1. The second-order valence-electron chi connectivity index (χ2n) is 7.07. The van der Waals surface area contributed by atoms with E-state index in [1.54, 1.807) is 33.5 Å². The quantitative estimate of drug-likeness (QED) is 0.509. The van der Waals surface area contributed by atoms with Gasteiger partial charge in [0, 0.05) is 5.02 Å². The van der Waals surface area contributed by atoms with Crippen LogP contribution in [-0.4, -0.2) is 27.2 Å².